The summed E-state index contributed by atoms with van der Waals surface area (Å²) in [6.07, 6.45) is 5.53. The number of nitrogens with zero attached hydrogens (tertiary/aromatic N) is 2. The van der Waals surface area contributed by atoms with Crippen molar-refractivity contribution in [2.75, 3.05) is 18.6 Å². The van der Waals surface area contributed by atoms with Crippen LogP contribution in [0.3, 0.4) is 0 Å². The van der Waals surface area contributed by atoms with Crippen molar-refractivity contribution < 1.29 is 4.74 Å². The molecule has 3 nitrogen and oxygen atoms in total. The molecule has 2 heterocycles. The fraction of sp³-hybridized carbons (Fsp3) is 0.526. The van der Waals surface area contributed by atoms with Crippen LogP contribution in [-0.2, 0) is 4.74 Å². The van der Waals surface area contributed by atoms with Crippen LogP contribution in [0.5, 0.6) is 0 Å². The van der Waals surface area contributed by atoms with Gasteiger partial charge in [0.2, 0.25) is 0 Å². The number of methoxy groups -OCH3 is 1. The van der Waals surface area contributed by atoms with Gasteiger partial charge in [-0.05, 0) is 85.4 Å². The molecule has 130 valence electrons. The highest BCUT2D eigenvalue weighted by atomic mass is 127. The first-order chi connectivity index (χ1) is 11.2. The Morgan fingerprint density at radius 1 is 1.25 bits per heavy atom. The van der Waals surface area contributed by atoms with E-state index in [9.17, 15) is 0 Å². The lowest BCUT2D eigenvalue weighted by Gasteiger charge is -2.33. The molecule has 1 aliphatic heterocycles. The first-order valence-corrected chi connectivity index (χ1v) is 9.61. The standard InChI is InChI=1S/C19H23IN2O.ClH/c1-12-10-18(15-8-7-14(20)11-16(15)21-12)22-9-3-4-17(22)19(23-2)13-5-6-13;/h7-8,10-11,13,17,19H,3-6,9H2,1-2H3;1H/t17?,19-;/m0./s1. The van der Waals surface area contributed by atoms with Crippen molar-refractivity contribution in [3.63, 3.8) is 0 Å². The van der Waals surface area contributed by atoms with Gasteiger partial charge in [0.1, 0.15) is 0 Å². The predicted octanol–water partition coefficient (Wildman–Crippen LogP) is 4.96. The Balaban J connectivity index is 0.00000169. The molecule has 4 rings (SSSR count). The summed E-state index contributed by atoms with van der Waals surface area (Å²) < 4.78 is 7.15. The Hall–Kier alpha value is -0.590. The Labute approximate surface area is 163 Å². The highest BCUT2D eigenvalue weighted by Gasteiger charge is 2.41. The van der Waals surface area contributed by atoms with Gasteiger partial charge < -0.3 is 9.64 Å². The molecule has 1 unspecified atom stereocenters. The molecule has 2 aliphatic rings. The SMILES string of the molecule is CO[C@@H](C1CC1)C1CCCN1c1cc(C)nc2cc(I)ccc12.Cl. The first kappa shape index (κ1) is 18.2. The van der Waals surface area contributed by atoms with E-state index in [1.807, 2.05) is 7.11 Å². The summed E-state index contributed by atoms with van der Waals surface area (Å²) in [5, 5.41) is 1.27. The zero-order chi connectivity index (χ0) is 16.0. The highest BCUT2D eigenvalue weighted by molar-refractivity contribution is 14.1. The number of aryl methyl sites for hydroxylation is 1. The van der Waals surface area contributed by atoms with Gasteiger partial charge in [0, 0.05) is 34.0 Å². The molecule has 1 aromatic heterocycles. The van der Waals surface area contributed by atoms with Crippen LogP contribution in [0.2, 0.25) is 0 Å². The molecule has 5 heteroatoms. The minimum Gasteiger partial charge on any atom is -0.379 e. The molecule has 0 bridgehead atoms. The fourth-order valence-electron chi connectivity index (χ4n) is 4.07. The number of benzene rings is 1. The van der Waals surface area contributed by atoms with Gasteiger partial charge in [-0.3, -0.25) is 4.98 Å². The van der Waals surface area contributed by atoms with Crippen LogP contribution in [0, 0.1) is 16.4 Å². The van der Waals surface area contributed by atoms with E-state index in [0.717, 1.165) is 23.7 Å². The third kappa shape index (κ3) is 3.37. The van der Waals surface area contributed by atoms with E-state index in [4.69, 9.17) is 9.72 Å². The minimum atomic E-state index is 0. The van der Waals surface area contributed by atoms with Crippen LogP contribution in [-0.4, -0.2) is 30.8 Å². The van der Waals surface area contributed by atoms with Crippen LogP contribution < -0.4 is 4.90 Å². The van der Waals surface area contributed by atoms with Crippen molar-refractivity contribution in [2.24, 2.45) is 5.92 Å². The van der Waals surface area contributed by atoms with E-state index < -0.39 is 0 Å². The molecular weight excluding hydrogens is 435 g/mol. The van der Waals surface area contributed by atoms with Crippen molar-refractivity contribution in [2.45, 2.75) is 44.8 Å². The van der Waals surface area contributed by atoms with Gasteiger partial charge in [-0.1, -0.05) is 0 Å². The molecule has 1 aromatic carbocycles. The van der Waals surface area contributed by atoms with Crippen LogP contribution in [0.25, 0.3) is 10.9 Å². The second-order valence-corrected chi connectivity index (χ2v) is 8.13. The monoisotopic (exact) mass is 458 g/mol. The van der Waals surface area contributed by atoms with Crippen LogP contribution in [0.15, 0.2) is 24.3 Å². The van der Waals surface area contributed by atoms with Gasteiger partial charge in [-0.2, -0.15) is 0 Å². The van der Waals surface area contributed by atoms with Gasteiger partial charge in [-0.15, -0.1) is 12.4 Å². The zero-order valence-corrected chi connectivity index (χ0v) is 17.1. The quantitative estimate of drug-likeness (QED) is 0.605. The number of pyridine rings is 1. The first-order valence-electron chi connectivity index (χ1n) is 8.53. The highest BCUT2D eigenvalue weighted by Crippen LogP contribution is 2.42. The Bertz CT molecular complexity index is 729. The van der Waals surface area contributed by atoms with Gasteiger partial charge >= 0.3 is 0 Å². The molecule has 1 aliphatic carbocycles. The molecule has 2 aromatic rings. The van der Waals surface area contributed by atoms with E-state index in [0.29, 0.717) is 12.1 Å². The van der Waals surface area contributed by atoms with E-state index in [-0.39, 0.29) is 12.4 Å². The Morgan fingerprint density at radius 3 is 2.75 bits per heavy atom. The van der Waals surface area contributed by atoms with Gasteiger partial charge in [0.25, 0.3) is 0 Å². The molecule has 2 atom stereocenters. The van der Waals surface area contributed by atoms with Crippen LogP contribution in [0.1, 0.15) is 31.4 Å². The Kier molecular flexibility index (Phi) is 5.57. The van der Waals surface area contributed by atoms with Crippen molar-refractivity contribution in [1.29, 1.82) is 0 Å². The lowest BCUT2D eigenvalue weighted by molar-refractivity contribution is 0.0637. The maximum Gasteiger partial charge on any atom is 0.0802 e. The Morgan fingerprint density at radius 2 is 2.04 bits per heavy atom. The molecule has 0 radical (unpaired) electrons. The average Bonchev–Trinajstić information content (AvgIpc) is 3.24. The molecule has 1 saturated carbocycles. The van der Waals surface area contributed by atoms with Crippen LogP contribution in [0.4, 0.5) is 5.69 Å². The maximum atomic E-state index is 5.91. The zero-order valence-electron chi connectivity index (χ0n) is 14.2. The number of rotatable bonds is 4. The van der Waals surface area contributed by atoms with Crippen molar-refractivity contribution >= 4 is 51.6 Å². The van der Waals surface area contributed by atoms with E-state index >= 15 is 0 Å². The number of halogens is 2. The smallest absolute Gasteiger partial charge is 0.0802 e. The largest absolute Gasteiger partial charge is 0.379 e. The second-order valence-electron chi connectivity index (χ2n) is 6.88. The average molecular weight is 459 g/mol. The summed E-state index contributed by atoms with van der Waals surface area (Å²) in [7, 11) is 1.89. The van der Waals surface area contributed by atoms with E-state index in [2.05, 4.69) is 58.7 Å². The molecule has 0 amide bonds. The van der Waals surface area contributed by atoms with Crippen LogP contribution >= 0.6 is 35.0 Å². The van der Waals surface area contributed by atoms with Crippen molar-refractivity contribution in [3.8, 4) is 0 Å². The summed E-state index contributed by atoms with van der Waals surface area (Å²) in [4.78, 5) is 7.34. The number of aromatic nitrogens is 1. The topological polar surface area (TPSA) is 25.4 Å². The van der Waals surface area contributed by atoms with Crippen molar-refractivity contribution in [1.82, 2.24) is 4.98 Å². The second kappa shape index (κ2) is 7.34. The lowest BCUT2D eigenvalue weighted by Crippen LogP contribution is -2.41. The fourth-order valence-corrected chi connectivity index (χ4v) is 4.55. The molecule has 0 spiro atoms. The normalized spacial score (nSPS) is 21.8. The summed E-state index contributed by atoms with van der Waals surface area (Å²) in [6, 6.07) is 9.37. The lowest BCUT2D eigenvalue weighted by atomic mass is 10.0. The molecule has 24 heavy (non-hydrogen) atoms. The predicted molar refractivity (Wildman–Crippen MR) is 110 cm³/mol. The maximum absolute atomic E-state index is 5.91. The minimum absolute atomic E-state index is 0. The van der Waals surface area contributed by atoms with E-state index in [1.54, 1.807) is 0 Å². The van der Waals surface area contributed by atoms with Gasteiger partial charge in [0.05, 0.1) is 17.7 Å². The van der Waals surface area contributed by atoms with Crippen molar-refractivity contribution in [3.05, 3.63) is 33.5 Å². The summed E-state index contributed by atoms with van der Waals surface area (Å²) >= 11 is 2.36. The third-order valence-corrected chi connectivity index (χ3v) is 5.90. The van der Waals surface area contributed by atoms with E-state index in [1.165, 1.54) is 40.3 Å². The molecule has 2 fully saturated rings. The molecule has 0 N–H and O–H groups in total. The van der Waals surface area contributed by atoms with Gasteiger partial charge in [-0.25, -0.2) is 0 Å². The number of ether oxygens (including phenoxy) is 1. The number of hydrogen-bond acceptors (Lipinski definition) is 3. The summed E-state index contributed by atoms with van der Waals surface area (Å²) in [5.74, 6) is 0.765. The molecular formula is C19H24ClIN2O. The third-order valence-electron chi connectivity index (χ3n) is 5.22. The van der Waals surface area contributed by atoms with Gasteiger partial charge in [0.15, 0.2) is 0 Å². The molecule has 1 saturated heterocycles. The summed E-state index contributed by atoms with van der Waals surface area (Å²) in [5.41, 5.74) is 3.55. The number of fused-ring (bicyclic) bond motifs is 1. The number of hydrogen-bond donors (Lipinski definition) is 0. The summed E-state index contributed by atoms with van der Waals surface area (Å²) in [6.45, 7) is 3.23. The number of anilines is 1.